The van der Waals surface area contributed by atoms with Crippen molar-refractivity contribution in [2.24, 2.45) is 5.92 Å². The number of piperidine rings is 1. The first kappa shape index (κ1) is 16.2. The van der Waals surface area contributed by atoms with Crippen LogP contribution in [-0.4, -0.2) is 86.2 Å². The van der Waals surface area contributed by atoms with Gasteiger partial charge in [0.1, 0.15) is 0 Å². The van der Waals surface area contributed by atoms with Crippen LogP contribution < -0.4 is 5.32 Å². The third-order valence-electron chi connectivity index (χ3n) is 5.30. The maximum Gasteiger partial charge on any atom is 0.0262 e. The van der Waals surface area contributed by atoms with Gasteiger partial charge in [0.25, 0.3) is 0 Å². The van der Waals surface area contributed by atoms with E-state index in [-0.39, 0.29) is 0 Å². The van der Waals surface area contributed by atoms with E-state index >= 15 is 0 Å². The monoisotopic (exact) mass is 282 g/mol. The van der Waals surface area contributed by atoms with Gasteiger partial charge in [0, 0.05) is 45.3 Å². The Kier molecular flexibility index (Phi) is 6.75. The van der Waals surface area contributed by atoms with E-state index in [1.165, 1.54) is 71.9 Å². The molecule has 2 unspecified atom stereocenters. The lowest BCUT2D eigenvalue weighted by Gasteiger charge is -2.45. The summed E-state index contributed by atoms with van der Waals surface area (Å²) in [5.74, 6) is 0.851. The summed E-state index contributed by atoms with van der Waals surface area (Å²) in [6.07, 6.45) is 1.34. The predicted molar refractivity (Wildman–Crippen MR) is 86.2 cm³/mol. The van der Waals surface area contributed by atoms with Crippen LogP contribution in [0.4, 0.5) is 0 Å². The van der Waals surface area contributed by atoms with Crippen molar-refractivity contribution >= 4 is 0 Å². The molecular formula is C16H34N4. The zero-order chi connectivity index (χ0) is 14.4. The van der Waals surface area contributed by atoms with Crippen LogP contribution in [0.25, 0.3) is 0 Å². The van der Waals surface area contributed by atoms with Crippen LogP contribution in [0.2, 0.25) is 0 Å². The van der Waals surface area contributed by atoms with Crippen LogP contribution in [0.15, 0.2) is 0 Å². The highest BCUT2D eigenvalue weighted by atomic mass is 15.3. The highest BCUT2D eigenvalue weighted by molar-refractivity contribution is 4.89. The SMILES string of the molecule is CCN1CCN(C2CNCCC2CN(CC)CC)CC1. The van der Waals surface area contributed by atoms with Gasteiger partial charge in [-0.1, -0.05) is 20.8 Å². The van der Waals surface area contributed by atoms with Gasteiger partial charge in [-0.15, -0.1) is 0 Å². The maximum absolute atomic E-state index is 3.62. The molecule has 118 valence electrons. The Bertz CT molecular complexity index is 259. The summed E-state index contributed by atoms with van der Waals surface area (Å²) in [5, 5.41) is 3.62. The fourth-order valence-electron chi connectivity index (χ4n) is 3.76. The van der Waals surface area contributed by atoms with Gasteiger partial charge in [-0.3, -0.25) is 4.90 Å². The number of likely N-dealkylation sites (N-methyl/N-ethyl adjacent to an activating group) is 1. The molecule has 4 nitrogen and oxygen atoms in total. The zero-order valence-corrected chi connectivity index (χ0v) is 13.8. The molecule has 0 aromatic rings. The fraction of sp³-hybridized carbons (Fsp3) is 1.00. The van der Waals surface area contributed by atoms with Gasteiger partial charge >= 0.3 is 0 Å². The van der Waals surface area contributed by atoms with Crippen LogP contribution >= 0.6 is 0 Å². The molecule has 0 radical (unpaired) electrons. The van der Waals surface area contributed by atoms with E-state index in [0.29, 0.717) is 0 Å². The molecule has 0 spiro atoms. The number of piperazine rings is 1. The Morgan fingerprint density at radius 1 is 1.05 bits per heavy atom. The summed E-state index contributed by atoms with van der Waals surface area (Å²) >= 11 is 0. The van der Waals surface area contributed by atoms with Crippen molar-refractivity contribution in [2.75, 3.05) is 65.4 Å². The second kappa shape index (κ2) is 8.32. The third kappa shape index (κ3) is 4.17. The highest BCUT2D eigenvalue weighted by Gasteiger charge is 2.32. The number of nitrogens with one attached hydrogen (secondary N) is 1. The first-order chi connectivity index (χ1) is 9.78. The molecule has 2 aliphatic heterocycles. The Morgan fingerprint density at radius 3 is 2.35 bits per heavy atom. The molecule has 1 N–H and O–H groups in total. The standard InChI is InChI=1S/C16H34N4/c1-4-18(5-2)14-15-7-8-17-13-16(15)20-11-9-19(6-3)10-12-20/h15-17H,4-14H2,1-3H3. The van der Waals surface area contributed by atoms with Crippen LogP contribution in [0.1, 0.15) is 27.2 Å². The number of hydrogen-bond acceptors (Lipinski definition) is 4. The van der Waals surface area contributed by atoms with Crippen molar-refractivity contribution in [1.29, 1.82) is 0 Å². The van der Waals surface area contributed by atoms with Crippen LogP contribution in [-0.2, 0) is 0 Å². The minimum Gasteiger partial charge on any atom is -0.315 e. The van der Waals surface area contributed by atoms with Gasteiger partial charge in [-0.2, -0.15) is 0 Å². The molecule has 0 aromatic carbocycles. The predicted octanol–water partition coefficient (Wildman–Crippen LogP) is 0.944. The molecule has 4 heteroatoms. The average molecular weight is 282 g/mol. The van der Waals surface area contributed by atoms with Gasteiger partial charge in [0.15, 0.2) is 0 Å². The molecule has 0 saturated carbocycles. The van der Waals surface area contributed by atoms with Crippen LogP contribution in [0.3, 0.4) is 0 Å². The summed E-state index contributed by atoms with van der Waals surface area (Å²) in [5.41, 5.74) is 0. The number of hydrogen-bond donors (Lipinski definition) is 1. The molecule has 2 saturated heterocycles. The second-order valence-electron chi connectivity index (χ2n) is 6.28. The van der Waals surface area contributed by atoms with Gasteiger partial charge in [0.2, 0.25) is 0 Å². The van der Waals surface area contributed by atoms with Crippen molar-refractivity contribution in [2.45, 2.75) is 33.2 Å². The van der Waals surface area contributed by atoms with Gasteiger partial charge in [-0.05, 0) is 38.5 Å². The van der Waals surface area contributed by atoms with E-state index in [0.717, 1.165) is 12.0 Å². The normalized spacial score (nSPS) is 30.0. The van der Waals surface area contributed by atoms with Crippen LogP contribution in [0, 0.1) is 5.92 Å². The maximum atomic E-state index is 3.62. The third-order valence-corrected chi connectivity index (χ3v) is 5.30. The Hall–Kier alpha value is -0.160. The minimum atomic E-state index is 0.753. The smallest absolute Gasteiger partial charge is 0.0262 e. The molecule has 0 aliphatic carbocycles. The molecule has 2 rings (SSSR count). The summed E-state index contributed by atoms with van der Waals surface area (Å²) in [6, 6.07) is 0.753. The molecule has 2 atom stereocenters. The van der Waals surface area contributed by atoms with E-state index in [2.05, 4.69) is 40.8 Å². The largest absolute Gasteiger partial charge is 0.315 e. The lowest BCUT2D eigenvalue weighted by molar-refractivity contribution is 0.0460. The van der Waals surface area contributed by atoms with Gasteiger partial charge in [-0.25, -0.2) is 0 Å². The Morgan fingerprint density at radius 2 is 1.75 bits per heavy atom. The Labute approximate surface area is 125 Å². The summed E-state index contributed by atoms with van der Waals surface area (Å²) in [7, 11) is 0. The molecule has 2 aliphatic rings. The lowest BCUT2D eigenvalue weighted by Crippen LogP contribution is -2.58. The van der Waals surface area contributed by atoms with Crippen LogP contribution in [0.5, 0.6) is 0 Å². The summed E-state index contributed by atoms with van der Waals surface area (Å²) < 4.78 is 0. The average Bonchev–Trinajstić information content (AvgIpc) is 2.53. The molecule has 0 amide bonds. The second-order valence-corrected chi connectivity index (χ2v) is 6.28. The lowest BCUT2D eigenvalue weighted by atomic mass is 9.90. The molecular weight excluding hydrogens is 248 g/mol. The molecule has 2 heterocycles. The van der Waals surface area contributed by atoms with Gasteiger partial charge in [0.05, 0.1) is 0 Å². The number of rotatable bonds is 6. The fourth-order valence-corrected chi connectivity index (χ4v) is 3.76. The summed E-state index contributed by atoms with van der Waals surface area (Å²) in [6.45, 7) is 19.2. The van der Waals surface area contributed by atoms with Crippen molar-refractivity contribution in [1.82, 2.24) is 20.0 Å². The quantitative estimate of drug-likeness (QED) is 0.783. The van der Waals surface area contributed by atoms with Gasteiger partial charge < -0.3 is 15.1 Å². The topological polar surface area (TPSA) is 21.8 Å². The van der Waals surface area contributed by atoms with E-state index in [4.69, 9.17) is 0 Å². The van der Waals surface area contributed by atoms with Crippen molar-refractivity contribution < 1.29 is 0 Å². The zero-order valence-electron chi connectivity index (χ0n) is 13.8. The highest BCUT2D eigenvalue weighted by Crippen LogP contribution is 2.21. The van der Waals surface area contributed by atoms with E-state index in [1.54, 1.807) is 0 Å². The van der Waals surface area contributed by atoms with E-state index in [1.807, 2.05) is 0 Å². The van der Waals surface area contributed by atoms with E-state index in [9.17, 15) is 0 Å². The molecule has 20 heavy (non-hydrogen) atoms. The van der Waals surface area contributed by atoms with E-state index < -0.39 is 0 Å². The van der Waals surface area contributed by atoms with Crippen molar-refractivity contribution in [3.63, 3.8) is 0 Å². The number of nitrogens with zero attached hydrogens (tertiary/aromatic N) is 3. The molecule has 0 aromatic heterocycles. The Balaban J connectivity index is 1.89. The first-order valence-electron chi connectivity index (χ1n) is 8.67. The minimum absolute atomic E-state index is 0.753. The first-order valence-corrected chi connectivity index (χ1v) is 8.67. The molecule has 0 bridgehead atoms. The van der Waals surface area contributed by atoms with Crippen molar-refractivity contribution in [3.05, 3.63) is 0 Å². The summed E-state index contributed by atoms with van der Waals surface area (Å²) in [4.78, 5) is 7.93. The molecule has 2 fully saturated rings. The van der Waals surface area contributed by atoms with Crippen molar-refractivity contribution in [3.8, 4) is 0 Å².